The van der Waals surface area contributed by atoms with Crippen molar-refractivity contribution in [1.82, 2.24) is 9.97 Å². The first-order chi connectivity index (χ1) is 6.95. The van der Waals surface area contributed by atoms with Gasteiger partial charge in [-0.1, -0.05) is 0 Å². The molecule has 0 N–H and O–H groups in total. The van der Waals surface area contributed by atoms with Crippen molar-refractivity contribution in [3.8, 4) is 5.75 Å². The predicted octanol–water partition coefficient (Wildman–Crippen LogP) is 1.95. The fourth-order valence-corrected chi connectivity index (χ4v) is 1.85. The lowest BCUT2D eigenvalue weighted by atomic mass is 10.1. The molecule has 0 atom stereocenters. The highest BCUT2D eigenvalue weighted by molar-refractivity contribution is 5.79. The van der Waals surface area contributed by atoms with Crippen molar-refractivity contribution >= 4 is 11.0 Å². The predicted molar refractivity (Wildman–Crippen MR) is 53.4 cm³/mol. The first-order valence-electron chi connectivity index (χ1n) is 4.80. The number of pyridine rings is 2. The molecule has 3 heterocycles. The van der Waals surface area contributed by atoms with Crippen LogP contribution >= 0.6 is 0 Å². The van der Waals surface area contributed by atoms with E-state index in [2.05, 4.69) is 9.97 Å². The van der Waals surface area contributed by atoms with Gasteiger partial charge in [-0.15, -0.1) is 0 Å². The molecule has 3 heteroatoms. The highest BCUT2D eigenvalue weighted by Crippen LogP contribution is 2.28. The Morgan fingerprint density at radius 2 is 2.29 bits per heavy atom. The van der Waals surface area contributed by atoms with Crippen molar-refractivity contribution in [3.05, 3.63) is 30.1 Å². The number of hydrogen-bond donors (Lipinski definition) is 0. The highest BCUT2D eigenvalue weighted by atomic mass is 16.5. The first-order valence-corrected chi connectivity index (χ1v) is 4.80. The molecular weight excluding hydrogens is 176 g/mol. The molecule has 0 aliphatic carbocycles. The minimum Gasteiger partial charge on any atom is -0.492 e. The third-order valence-electron chi connectivity index (χ3n) is 2.52. The molecule has 70 valence electrons. The largest absolute Gasteiger partial charge is 0.492 e. The van der Waals surface area contributed by atoms with Gasteiger partial charge in [-0.3, -0.25) is 9.97 Å². The standard InChI is InChI=1S/C11H10N2O/c1-4-9-11(12-5-1)8-3-2-6-14-10(8)7-13-9/h1,4-5,7H,2-3,6H2. The molecule has 0 spiro atoms. The number of aromatic nitrogens is 2. The maximum Gasteiger partial charge on any atom is 0.142 e. The SMILES string of the molecule is c1cnc2c3c(cnc2c1)OCCC3. The summed E-state index contributed by atoms with van der Waals surface area (Å²) in [6, 6.07) is 3.89. The quantitative estimate of drug-likeness (QED) is 0.630. The van der Waals surface area contributed by atoms with Crippen LogP contribution in [0.25, 0.3) is 11.0 Å². The Labute approximate surface area is 81.8 Å². The van der Waals surface area contributed by atoms with Crippen molar-refractivity contribution in [2.24, 2.45) is 0 Å². The van der Waals surface area contributed by atoms with E-state index in [0.717, 1.165) is 36.2 Å². The number of aryl methyl sites for hydroxylation is 1. The van der Waals surface area contributed by atoms with E-state index in [0.29, 0.717) is 0 Å². The Morgan fingerprint density at radius 3 is 3.29 bits per heavy atom. The van der Waals surface area contributed by atoms with E-state index in [1.807, 2.05) is 12.1 Å². The van der Waals surface area contributed by atoms with Gasteiger partial charge < -0.3 is 4.74 Å². The number of rotatable bonds is 0. The molecule has 0 bridgehead atoms. The van der Waals surface area contributed by atoms with E-state index in [1.165, 1.54) is 5.56 Å². The van der Waals surface area contributed by atoms with Crippen LogP contribution in [0, 0.1) is 0 Å². The maximum atomic E-state index is 5.53. The summed E-state index contributed by atoms with van der Waals surface area (Å²) >= 11 is 0. The van der Waals surface area contributed by atoms with Crippen LogP contribution < -0.4 is 4.74 Å². The summed E-state index contributed by atoms with van der Waals surface area (Å²) in [5, 5.41) is 0. The van der Waals surface area contributed by atoms with Gasteiger partial charge in [0, 0.05) is 11.8 Å². The zero-order valence-electron chi connectivity index (χ0n) is 7.73. The van der Waals surface area contributed by atoms with Crippen molar-refractivity contribution in [2.75, 3.05) is 6.61 Å². The van der Waals surface area contributed by atoms with Crippen LogP contribution in [0.5, 0.6) is 5.75 Å². The summed E-state index contributed by atoms with van der Waals surface area (Å²) in [7, 11) is 0. The Kier molecular flexibility index (Phi) is 1.63. The zero-order valence-corrected chi connectivity index (χ0v) is 7.73. The Balaban J connectivity index is 2.34. The van der Waals surface area contributed by atoms with Crippen LogP contribution in [0.2, 0.25) is 0 Å². The number of hydrogen-bond acceptors (Lipinski definition) is 3. The van der Waals surface area contributed by atoms with Crippen LogP contribution in [0.15, 0.2) is 24.5 Å². The lowest BCUT2D eigenvalue weighted by molar-refractivity contribution is 0.288. The third kappa shape index (κ3) is 1.05. The van der Waals surface area contributed by atoms with Gasteiger partial charge in [0.1, 0.15) is 5.75 Å². The van der Waals surface area contributed by atoms with Crippen molar-refractivity contribution in [3.63, 3.8) is 0 Å². The monoisotopic (exact) mass is 186 g/mol. The van der Waals surface area contributed by atoms with Gasteiger partial charge in [0.15, 0.2) is 0 Å². The van der Waals surface area contributed by atoms with Gasteiger partial charge in [-0.05, 0) is 25.0 Å². The lowest BCUT2D eigenvalue weighted by Gasteiger charge is -2.17. The molecular formula is C11H10N2O. The van der Waals surface area contributed by atoms with Crippen molar-refractivity contribution in [1.29, 1.82) is 0 Å². The van der Waals surface area contributed by atoms with Crippen LogP contribution in [-0.4, -0.2) is 16.6 Å². The minimum absolute atomic E-state index is 0.799. The molecule has 1 aliphatic rings. The second-order valence-corrected chi connectivity index (χ2v) is 3.42. The molecule has 3 rings (SSSR count). The van der Waals surface area contributed by atoms with E-state index in [1.54, 1.807) is 12.4 Å². The Hall–Kier alpha value is -1.64. The van der Waals surface area contributed by atoms with Gasteiger partial charge in [0.25, 0.3) is 0 Å². The average Bonchev–Trinajstić information content (AvgIpc) is 2.29. The fraction of sp³-hybridized carbons (Fsp3) is 0.273. The summed E-state index contributed by atoms with van der Waals surface area (Å²) < 4.78 is 5.53. The molecule has 0 aromatic carbocycles. The van der Waals surface area contributed by atoms with E-state index in [-0.39, 0.29) is 0 Å². The second-order valence-electron chi connectivity index (χ2n) is 3.42. The van der Waals surface area contributed by atoms with Gasteiger partial charge >= 0.3 is 0 Å². The number of ether oxygens (including phenoxy) is 1. The molecule has 1 aliphatic heterocycles. The van der Waals surface area contributed by atoms with E-state index < -0.39 is 0 Å². The minimum atomic E-state index is 0.799. The van der Waals surface area contributed by atoms with Crippen LogP contribution in [0.4, 0.5) is 0 Å². The van der Waals surface area contributed by atoms with Gasteiger partial charge in [-0.2, -0.15) is 0 Å². The molecule has 0 amide bonds. The fourth-order valence-electron chi connectivity index (χ4n) is 1.85. The maximum absolute atomic E-state index is 5.53. The molecule has 0 saturated carbocycles. The van der Waals surface area contributed by atoms with E-state index >= 15 is 0 Å². The zero-order chi connectivity index (χ0) is 9.38. The Bertz CT molecular complexity index is 482. The number of fused-ring (bicyclic) bond motifs is 3. The molecule has 0 fully saturated rings. The molecule has 14 heavy (non-hydrogen) atoms. The molecule has 3 nitrogen and oxygen atoms in total. The van der Waals surface area contributed by atoms with Crippen molar-refractivity contribution < 1.29 is 4.74 Å². The van der Waals surface area contributed by atoms with E-state index in [4.69, 9.17) is 4.74 Å². The van der Waals surface area contributed by atoms with Crippen LogP contribution in [-0.2, 0) is 6.42 Å². The summed E-state index contributed by atoms with van der Waals surface area (Å²) in [4.78, 5) is 8.66. The van der Waals surface area contributed by atoms with Gasteiger partial charge in [0.2, 0.25) is 0 Å². The molecule has 0 saturated heterocycles. The summed E-state index contributed by atoms with van der Waals surface area (Å²) in [6.07, 6.45) is 5.73. The second kappa shape index (κ2) is 2.94. The van der Waals surface area contributed by atoms with E-state index in [9.17, 15) is 0 Å². The van der Waals surface area contributed by atoms with Gasteiger partial charge in [-0.25, -0.2) is 0 Å². The summed E-state index contributed by atoms with van der Waals surface area (Å²) in [5.74, 6) is 0.905. The average molecular weight is 186 g/mol. The molecule has 2 aromatic heterocycles. The molecule has 2 aromatic rings. The summed E-state index contributed by atoms with van der Waals surface area (Å²) in [6.45, 7) is 0.799. The highest BCUT2D eigenvalue weighted by Gasteiger charge is 2.14. The Morgan fingerprint density at radius 1 is 1.29 bits per heavy atom. The normalized spacial score (nSPS) is 14.9. The van der Waals surface area contributed by atoms with Crippen LogP contribution in [0.1, 0.15) is 12.0 Å². The first kappa shape index (κ1) is 7.74. The van der Waals surface area contributed by atoms with Crippen LogP contribution in [0.3, 0.4) is 0 Å². The van der Waals surface area contributed by atoms with Gasteiger partial charge in [0.05, 0.1) is 23.8 Å². The third-order valence-corrected chi connectivity index (χ3v) is 2.52. The lowest BCUT2D eigenvalue weighted by Crippen LogP contribution is -2.09. The number of nitrogens with zero attached hydrogens (tertiary/aromatic N) is 2. The summed E-state index contributed by atoms with van der Waals surface area (Å²) in [5.41, 5.74) is 3.16. The van der Waals surface area contributed by atoms with Crippen molar-refractivity contribution in [2.45, 2.75) is 12.8 Å². The molecule has 0 radical (unpaired) electrons. The topological polar surface area (TPSA) is 35.0 Å². The molecule has 0 unspecified atom stereocenters. The smallest absolute Gasteiger partial charge is 0.142 e.